The minimum absolute atomic E-state index is 0.108. The molecule has 0 aliphatic rings. The van der Waals surface area contributed by atoms with Crippen molar-refractivity contribution in [2.24, 2.45) is 0 Å². The summed E-state index contributed by atoms with van der Waals surface area (Å²) in [5.41, 5.74) is 0. The number of carbonyl (C=O) groups is 3. The van der Waals surface area contributed by atoms with Crippen LogP contribution in [0.25, 0.3) is 0 Å². The molecule has 0 aliphatic heterocycles. The zero-order chi connectivity index (χ0) is 58.5. The van der Waals surface area contributed by atoms with Crippen molar-refractivity contribution in [3.8, 4) is 0 Å². The third kappa shape index (κ3) is 65.2. The Morgan fingerprint density at radius 2 is 0.543 bits per heavy atom. The molecule has 1 atom stereocenters. The molecule has 1 unspecified atom stereocenters. The molecule has 0 heterocycles. The molecule has 0 saturated carbocycles. The van der Waals surface area contributed by atoms with Gasteiger partial charge in [-0.3, -0.25) is 14.4 Å². The van der Waals surface area contributed by atoms with Crippen molar-refractivity contribution in [2.75, 3.05) is 13.2 Å². The summed E-state index contributed by atoms with van der Waals surface area (Å²) in [5, 5.41) is 0. The predicted molar refractivity (Wildman–Crippen MR) is 352 cm³/mol. The van der Waals surface area contributed by atoms with Gasteiger partial charge in [0.05, 0.1) is 6.42 Å². The maximum Gasteiger partial charge on any atom is 0.309 e. The Bertz CT molecular complexity index is 1900. The summed E-state index contributed by atoms with van der Waals surface area (Å²) < 4.78 is 16.8. The Balaban J connectivity index is 4.55. The van der Waals surface area contributed by atoms with E-state index < -0.39 is 12.1 Å². The second-order valence-electron chi connectivity index (χ2n) is 20.6. The van der Waals surface area contributed by atoms with E-state index in [0.717, 1.165) is 116 Å². The van der Waals surface area contributed by atoms with Gasteiger partial charge < -0.3 is 14.2 Å². The molecule has 0 aromatic heterocycles. The third-order valence-electron chi connectivity index (χ3n) is 12.9. The summed E-state index contributed by atoms with van der Waals surface area (Å²) in [7, 11) is 0. The predicted octanol–water partition coefficient (Wildman–Crippen LogP) is 22.4. The number of esters is 3. The number of rotatable bonds is 56. The Morgan fingerprint density at radius 3 is 0.914 bits per heavy atom. The molecule has 0 aromatic rings. The van der Waals surface area contributed by atoms with Gasteiger partial charge in [0.25, 0.3) is 0 Å². The highest BCUT2D eigenvalue weighted by Crippen LogP contribution is 2.14. The van der Waals surface area contributed by atoms with Gasteiger partial charge >= 0.3 is 17.9 Å². The van der Waals surface area contributed by atoms with Gasteiger partial charge in [-0.25, -0.2) is 0 Å². The summed E-state index contributed by atoms with van der Waals surface area (Å²) in [6, 6.07) is 0. The van der Waals surface area contributed by atoms with Crippen LogP contribution in [-0.2, 0) is 28.6 Å². The molecule has 0 aliphatic carbocycles. The van der Waals surface area contributed by atoms with Crippen LogP contribution in [0.15, 0.2) is 182 Å². The fraction of sp³-hybridized carbons (Fsp3) is 0.560. The SMILES string of the molecule is CC/C=C\C/C=C\C/C=C\C/C=C\C/C=C\C/C=C\C/C=C\C/C=C\C/C=C\CCCC(=O)OCC(COC(=O)C/C=C\C/C=C\C/C=C\C/C=C\C/C=C\CC)OC(=O)CCCCCCCCCCC/C=C\CCCCCCCC. The van der Waals surface area contributed by atoms with E-state index in [1.54, 1.807) is 6.08 Å². The van der Waals surface area contributed by atoms with Gasteiger partial charge in [-0.2, -0.15) is 0 Å². The molecule has 0 spiro atoms. The van der Waals surface area contributed by atoms with E-state index in [1.165, 1.54) is 89.9 Å². The van der Waals surface area contributed by atoms with Gasteiger partial charge in [0.1, 0.15) is 13.2 Å². The Morgan fingerprint density at radius 1 is 0.272 bits per heavy atom. The number of ether oxygens (including phenoxy) is 3. The van der Waals surface area contributed by atoms with E-state index in [9.17, 15) is 14.4 Å². The quantitative estimate of drug-likeness (QED) is 0.0261. The first-order valence-corrected chi connectivity index (χ1v) is 32.3. The van der Waals surface area contributed by atoms with Gasteiger partial charge in [-0.05, 0) is 135 Å². The van der Waals surface area contributed by atoms with Gasteiger partial charge in [-0.15, -0.1) is 0 Å². The molecule has 0 fully saturated rings. The zero-order valence-corrected chi connectivity index (χ0v) is 51.7. The van der Waals surface area contributed by atoms with Crippen LogP contribution in [0, 0.1) is 0 Å². The monoisotopic (exact) mass is 1110 g/mol. The van der Waals surface area contributed by atoms with Crippen LogP contribution < -0.4 is 0 Å². The fourth-order valence-electron chi connectivity index (χ4n) is 8.16. The minimum Gasteiger partial charge on any atom is -0.462 e. The van der Waals surface area contributed by atoms with Crippen LogP contribution in [0.2, 0.25) is 0 Å². The minimum atomic E-state index is -0.854. The van der Waals surface area contributed by atoms with Crippen molar-refractivity contribution in [3.05, 3.63) is 182 Å². The molecule has 0 bridgehead atoms. The van der Waals surface area contributed by atoms with Crippen molar-refractivity contribution in [1.82, 2.24) is 0 Å². The van der Waals surface area contributed by atoms with Crippen LogP contribution in [0.4, 0.5) is 0 Å². The van der Waals surface area contributed by atoms with E-state index in [4.69, 9.17) is 14.2 Å². The van der Waals surface area contributed by atoms with Crippen LogP contribution in [0.1, 0.15) is 252 Å². The third-order valence-corrected chi connectivity index (χ3v) is 12.9. The number of allylic oxidation sites excluding steroid dienone is 29. The largest absolute Gasteiger partial charge is 0.462 e. The molecule has 0 N–H and O–H groups in total. The number of unbranched alkanes of at least 4 members (excludes halogenated alkanes) is 16. The molecule has 6 nitrogen and oxygen atoms in total. The summed E-state index contributed by atoms with van der Waals surface area (Å²) >= 11 is 0. The molecular formula is C75H116O6. The fourth-order valence-corrected chi connectivity index (χ4v) is 8.16. The van der Waals surface area contributed by atoms with E-state index in [2.05, 4.69) is 191 Å². The second kappa shape index (κ2) is 67.0. The number of hydrogen-bond acceptors (Lipinski definition) is 6. The molecule has 0 rings (SSSR count). The van der Waals surface area contributed by atoms with Crippen LogP contribution >= 0.6 is 0 Å². The number of hydrogen-bond donors (Lipinski definition) is 0. The topological polar surface area (TPSA) is 78.9 Å². The highest BCUT2D eigenvalue weighted by Gasteiger charge is 2.19. The van der Waals surface area contributed by atoms with E-state index in [-0.39, 0.29) is 44.4 Å². The van der Waals surface area contributed by atoms with Crippen molar-refractivity contribution in [2.45, 2.75) is 258 Å². The molecule has 6 heteroatoms. The molecule has 0 amide bonds. The molecule has 0 aromatic carbocycles. The number of carbonyl (C=O) groups excluding carboxylic acids is 3. The maximum absolute atomic E-state index is 12.9. The molecule has 0 radical (unpaired) electrons. The van der Waals surface area contributed by atoms with E-state index in [1.807, 2.05) is 6.08 Å². The highest BCUT2D eigenvalue weighted by molar-refractivity contribution is 5.72. The lowest BCUT2D eigenvalue weighted by Crippen LogP contribution is -2.30. The van der Waals surface area contributed by atoms with Gasteiger partial charge in [0.15, 0.2) is 6.10 Å². The summed E-state index contributed by atoms with van der Waals surface area (Å²) in [5.74, 6) is -1.14. The first-order valence-electron chi connectivity index (χ1n) is 32.3. The molecule has 0 saturated heterocycles. The van der Waals surface area contributed by atoms with Gasteiger partial charge in [0, 0.05) is 12.8 Å². The van der Waals surface area contributed by atoms with Gasteiger partial charge in [-0.1, -0.05) is 280 Å². The lowest BCUT2D eigenvalue weighted by atomic mass is 10.1. The Kier molecular flexibility index (Phi) is 62.5. The Labute approximate surface area is 497 Å². The van der Waals surface area contributed by atoms with Crippen LogP contribution in [0.3, 0.4) is 0 Å². The van der Waals surface area contributed by atoms with Gasteiger partial charge in [0.2, 0.25) is 0 Å². The average molecular weight is 1110 g/mol. The lowest BCUT2D eigenvalue weighted by Gasteiger charge is -2.18. The average Bonchev–Trinajstić information content (AvgIpc) is 3.47. The smallest absolute Gasteiger partial charge is 0.309 e. The summed E-state index contributed by atoms with van der Waals surface area (Å²) in [4.78, 5) is 38.2. The molecule has 452 valence electrons. The Hall–Kier alpha value is -5.49. The highest BCUT2D eigenvalue weighted by atomic mass is 16.6. The lowest BCUT2D eigenvalue weighted by molar-refractivity contribution is -0.166. The summed E-state index contributed by atoms with van der Waals surface area (Å²) in [6.07, 6.45) is 101. The first kappa shape index (κ1) is 75.5. The zero-order valence-electron chi connectivity index (χ0n) is 51.7. The van der Waals surface area contributed by atoms with Crippen molar-refractivity contribution in [1.29, 1.82) is 0 Å². The van der Waals surface area contributed by atoms with E-state index >= 15 is 0 Å². The standard InChI is InChI=1S/C75H116O6/c1-4-7-10-13-16-19-22-25-28-30-32-33-34-35-36-37-38-39-40-41-43-44-47-50-53-56-59-62-65-68-74(77)80-71-72(70-79-73(76)67-64-61-58-55-52-49-46-27-24-21-18-15-12-9-6-3)81-75(78)69-66-63-60-57-54-51-48-45-42-31-29-26-23-20-17-14-11-8-5-2/h7,9-10,12,16,18-19,21,25-29,32-33,35-36,38-39,41,43,46-47,50,52,55-56,59,61,64,72H,4-6,8,11,13-15,17,20,22-24,30-31,34,37,40,42,44-45,48-49,51,53-54,57-58,60,62-63,65-71H2,1-3H3/b10-7-,12-9-,19-16-,21-18-,28-25-,29-26-,33-32-,36-35-,39-38-,43-41-,46-27-,50-47-,55-52-,59-56-,64-61-. The van der Waals surface area contributed by atoms with E-state index in [0.29, 0.717) is 6.42 Å². The first-order chi connectivity index (χ1) is 40.0. The van der Waals surface area contributed by atoms with Crippen molar-refractivity contribution < 1.29 is 28.6 Å². The molecular weight excluding hydrogens is 997 g/mol. The van der Waals surface area contributed by atoms with Crippen LogP contribution in [-0.4, -0.2) is 37.2 Å². The van der Waals surface area contributed by atoms with Crippen LogP contribution in [0.5, 0.6) is 0 Å². The molecule has 81 heavy (non-hydrogen) atoms. The second-order valence-corrected chi connectivity index (χ2v) is 20.6. The van der Waals surface area contributed by atoms with Crippen molar-refractivity contribution >= 4 is 17.9 Å². The normalized spacial score (nSPS) is 13.4. The van der Waals surface area contributed by atoms with Crippen molar-refractivity contribution in [3.63, 3.8) is 0 Å². The summed E-state index contributed by atoms with van der Waals surface area (Å²) in [6.45, 7) is 6.26. The maximum atomic E-state index is 12.9.